The van der Waals surface area contributed by atoms with E-state index < -0.39 is 57.9 Å². The summed E-state index contributed by atoms with van der Waals surface area (Å²) < 4.78 is 22.1. The zero-order valence-electron chi connectivity index (χ0n) is 31.7. The van der Waals surface area contributed by atoms with Crippen LogP contribution in [0.4, 0.5) is 0 Å². The second-order valence-corrected chi connectivity index (χ2v) is 17.4. The highest BCUT2D eigenvalue weighted by molar-refractivity contribution is 5.81. The third kappa shape index (κ3) is 13.7. The quantitative estimate of drug-likeness (QED) is 0.0688. The van der Waals surface area contributed by atoms with Crippen molar-refractivity contribution in [2.75, 3.05) is 13.2 Å². The fourth-order valence-electron chi connectivity index (χ4n) is 5.15. The van der Waals surface area contributed by atoms with Crippen LogP contribution in [0.5, 0.6) is 0 Å². The zero-order chi connectivity index (χ0) is 36.5. The molecule has 0 heterocycles. The molecule has 0 aliphatic heterocycles. The lowest BCUT2D eigenvalue weighted by molar-refractivity contribution is -0.178. The van der Waals surface area contributed by atoms with Crippen molar-refractivity contribution in [2.24, 2.45) is 32.5 Å². The number of hydrogen-bond acceptors (Lipinski definition) is 9. The lowest BCUT2D eigenvalue weighted by Crippen LogP contribution is -2.52. The van der Waals surface area contributed by atoms with E-state index in [-0.39, 0.29) is 42.9 Å². The van der Waals surface area contributed by atoms with E-state index in [1.54, 1.807) is 0 Å². The molecule has 0 radical (unpaired) electrons. The van der Waals surface area contributed by atoms with E-state index in [2.05, 4.69) is 82.7 Å². The van der Waals surface area contributed by atoms with E-state index in [9.17, 15) is 24.3 Å². The fraction of sp³-hybridized carbons (Fsp3) is 0.838. The number of carbonyl (C=O) groups excluding carboxylic acids is 4. The molecule has 0 aliphatic carbocycles. The van der Waals surface area contributed by atoms with Crippen molar-refractivity contribution in [3.8, 4) is 0 Å². The van der Waals surface area contributed by atoms with E-state index >= 15 is 0 Å². The SMILES string of the molecule is C=CC(=O)OCCOC(=O)CCC(=O)OC(CC(C)(C)C(C)(C)C(CC(C)(C)C)OC(C)=O)C(C)(C)C(C)(C)CC(O)C(C)(C)C. The Hall–Kier alpha value is -2.42. The molecule has 9 heteroatoms. The average Bonchev–Trinajstić information content (AvgIpc) is 2.86. The first-order valence-corrected chi connectivity index (χ1v) is 16.5. The minimum atomic E-state index is -0.626. The monoisotopic (exact) mass is 654 g/mol. The lowest BCUT2D eigenvalue weighted by Gasteiger charge is -2.53. The summed E-state index contributed by atoms with van der Waals surface area (Å²) in [6.07, 6.45) is 0.602. The van der Waals surface area contributed by atoms with Crippen LogP contribution in [0.15, 0.2) is 12.7 Å². The lowest BCUT2D eigenvalue weighted by atomic mass is 9.55. The van der Waals surface area contributed by atoms with Gasteiger partial charge in [0.25, 0.3) is 0 Å². The Bertz CT molecular complexity index is 1040. The average molecular weight is 655 g/mol. The fourth-order valence-corrected chi connectivity index (χ4v) is 5.15. The number of aliphatic hydroxyl groups is 1. The Labute approximate surface area is 279 Å². The van der Waals surface area contributed by atoms with Gasteiger partial charge in [0, 0.05) is 23.8 Å². The Balaban J connectivity index is 6.32. The molecule has 0 saturated heterocycles. The predicted molar refractivity (Wildman–Crippen MR) is 181 cm³/mol. The van der Waals surface area contributed by atoms with Crippen molar-refractivity contribution >= 4 is 23.9 Å². The van der Waals surface area contributed by atoms with Crippen molar-refractivity contribution < 1.29 is 43.2 Å². The van der Waals surface area contributed by atoms with E-state index in [4.69, 9.17) is 18.9 Å². The van der Waals surface area contributed by atoms with Crippen molar-refractivity contribution in [3.63, 3.8) is 0 Å². The smallest absolute Gasteiger partial charge is 0.330 e. The summed E-state index contributed by atoms with van der Waals surface area (Å²) in [5.74, 6) is -2.11. The van der Waals surface area contributed by atoms with E-state index in [0.717, 1.165) is 6.08 Å². The highest BCUT2D eigenvalue weighted by atomic mass is 16.6. The predicted octanol–water partition coefficient (Wildman–Crippen LogP) is 7.61. The van der Waals surface area contributed by atoms with Crippen LogP contribution < -0.4 is 0 Å². The molecule has 0 amide bonds. The largest absolute Gasteiger partial charge is 0.462 e. The molecule has 0 aromatic heterocycles. The molecule has 3 atom stereocenters. The molecule has 3 unspecified atom stereocenters. The van der Waals surface area contributed by atoms with Crippen molar-refractivity contribution in [2.45, 2.75) is 154 Å². The number of aliphatic hydroxyl groups excluding tert-OH is 1. The molecular formula is C37H66O9. The van der Waals surface area contributed by atoms with Crippen LogP contribution in [0, 0.1) is 32.5 Å². The minimum absolute atomic E-state index is 0.106. The summed E-state index contributed by atoms with van der Waals surface area (Å²) in [5, 5.41) is 11.1. The van der Waals surface area contributed by atoms with Gasteiger partial charge in [0.05, 0.1) is 18.9 Å². The van der Waals surface area contributed by atoms with Gasteiger partial charge >= 0.3 is 23.9 Å². The molecular weight excluding hydrogens is 588 g/mol. The number of ether oxygens (including phenoxy) is 4. The molecule has 0 aromatic carbocycles. The van der Waals surface area contributed by atoms with Gasteiger partial charge in [-0.3, -0.25) is 14.4 Å². The maximum Gasteiger partial charge on any atom is 0.330 e. The van der Waals surface area contributed by atoms with Gasteiger partial charge in [-0.15, -0.1) is 0 Å². The molecule has 0 bridgehead atoms. The van der Waals surface area contributed by atoms with Crippen LogP contribution in [0.2, 0.25) is 0 Å². The molecule has 46 heavy (non-hydrogen) atoms. The second-order valence-electron chi connectivity index (χ2n) is 17.4. The van der Waals surface area contributed by atoms with Gasteiger partial charge in [0.15, 0.2) is 0 Å². The number of rotatable bonds is 18. The Morgan fingerprint density at radius 1 is 0.652 bits per heavy atom. The molecule has 0 rings (SSSR count). The van der Waals surface area contributed by atoms with Crippen LogP contribution >= 0.6 is 0 Å². The molecule has 1 N–H and O–H groups in total. The standard InChI is InChI=1S/C37H66O9/c1-17-29(40)43-20-21-44-30(41)18-19-31(42)46-28(37(15,16)34(9,10)22-26(39)33(6,7)8)24-35(11,12)36(13,14)27(45-25(2)38)23-32(3,4)5/h17,26-28,39H,1,18-24H2,2-16H3. The van der Waals surface area contributed by atoms with Gasteiger partial charge in [0.2, 0.25) is 0 Å². The zero-order valence-corrected chi connectivity index (χ0v) is 31.7. The molecule has 0 saturated carbocycles. The minimum Gasteiger partial charge on any atom is -0.462 e. The van der Waals surface area contributed by atoms with E-state index in [1.807, 2.05) is 20.8 Å². The molecule has 9 nitrogen and oxygen atoms in total. The number of hydrogen-bond donors (Lipinski definition) is 1. The Morgan fingerprint density at radius 2 is 1.09 bits per heavy atom. The van der Waals surface area contributed by atoms with Gasteiger partial charge in [-0.1, -0.05) is 104 Å². The molecule has 0 aromatic rings. The van der Waals surface area contributed by atoms with Crippen LogP contribution in [-0.4, -0.2) is 60.5 Å². The van der Waals surface area contributed by atoms with Gasteiger partial charge in [-0.2, -0.15) is 0 Å². The van der Waals surface area contributed by atoms with Gasteiger partial charge in [-0.05, 0) is 40.9 Å². The van der Waals surface area contributed by atoms with Crippen molar-refractivity contribution in [3.05, 3.63) is 12.7 Å². The van der Waals surface area contributed by atoms with Crippen LogP contribution in [-0.2, 0) is 38.1 Å². The first kappa shape index (κ1) is 43.6. The highest BCUT2D eigenvalue weighted by Gasteiger charge is 2.53. The summed E-state index contributed by atoms with van der Waals surface area (Å²) in [5.41, 5.74) is -2.57. The molecule has 0 spiro atoms. The third-order valence-electron chi connectivity index (χ3n) is 10.2. The number of esters is 4. The topological polar surface area (TPSA) is 125 Å². The van der Waals surface area contributed by atoms with Crippen molar-refractivity contribution in [1.82, 2.24) is 0 Å². The summed E-state index contributed by atoms with van der Waals surface area (Å²) in [6, 6.07) is 0. The summed E-state index contributed by atoms with van der Waals surface area (Å²) >= 11 is 0. The second kappa shape index (κ2) is 16.6. The normalized spacial score (nSPS) is 15.3. The third-order valence-corrected chi connectivity index (χ3v) is 10.2. The van der Waals surface area contributed by atoms with E-state index in [1.165, 1.54) is 6.92 Å². The molecule has 0 aliphatic rings. The van der Waals surface area contributed by atoms with E-state index in [0.29, 0.717) is 19.3 Å². The Kier molecular flexibility index (Phi) is 15.7. The first-order valence-electron chi connectivity index (χ1n) is 16.5. The highest BCUT2D eigenvalue weighted by Crippen LogP contribution is 2.54. The summed E-state index contributed by atoms with van der Waals surface area (Å²) in [6.45, 7) is 33.5. The maximum atomic E-state index is 13.3. The van der Waals surface area contributed by atoms with Crippen LogP contribution in [0.1, 0.15) is 136 Å². The van der Waals surface area contributed by atoms with Crippen LogP contribution in [0.25, 0.3) is 0 Å². The molecule has 0 fully saturated rings. The van der Waals surface area contributed by atoms with Gasteiger partial charge in [0.1, 0.15) is 25.4 Å². The summed E-state index contributed by atoms with van der Waals surface area (Å²) in [7, 11) is 0. The number of carbonyl (C=O) groups is 4. The molecule has 268 valence electrons. The summed E-state index contributed by atoms with van der Waals surface area (Å²) in [4.78, 5) is 49.0. The van der Waals surface area contributed by atoms with Crippen LogP contribution in [0.3, 0.4) is 0 Å². The van der Waals surface area contributed by atoms with Gasteiger partial charge in [-0.25, -0.2) is 4.79 Å². The Morgan fingerprint density at radius 3 is 1.52 bits per heavy atom. The maximum absolute atomic E-state index is 13.3. The van der Waals surface area contributed by atoms with Gasteiger partial charge < -0.3 is 24.1 Å². The van der Waals surface area contributed by atoms with Crippen molar-refractivity contribution in [1.29, 1.82) is 0 Å². The first-order chi connectivity index (χ1) is 20.5.